The van der Waals surface area contributed by atoms with Gasteiger partial charge in [-0.05, 0) is 37.6 Å². The lowest BCUT2D eigenvalue weighted by Crippen LogP contribution is -2.52. The van der Waals surface area contributed by atoms with Crippen LogP contribution in [0.5, 0.6) is 0 Å². The van der Waals surface area contributed by atoms with Crippen molar-refractivity contribution in [3.8, 4) is 11.3 Å². The number of nitrogens with zero attached hydrogens (tertiary/aromatic N) is 6. The quantitative estimate of drug-likeness (QED) is 0.680. The van der Waals surface area contributed by atoms with Crippen molar-refractivity contribution in [3.05, 3.63) is 47.4 Å². The van der Waals surface area contributed by atoms with Gasteiger partial charge in [-0.25, -0.2) is 4.98 Å². The van der Waals surface area contributed by atoms with Crippen LogP contribution in [-0.4, -0.2) is 67.5 Å². The lowest BCUT2D eigenvalue weighted by Gasteiger charge is -2.37. The van der Waals surface area contributed by atoms with E-state index in [-0.39, 0.29) is 5.91 Å². The van der Waals surface area contributed by atoms with Crippen LogP contribution in [0.1, 0.15) is 23.3 Å². The van der Waals surface area contributed by atoms with Crippen molar-refractivity contribution in [2.24, 2.45) is 0 Å². The number of hydrogen-bond donors (Lipinski definition) is 0. The van der Waals surface area contributed by atoms with Crippen molar-refractivity contribution in [2.45, 2.75) is 18.9 Å². The summed E-state index contributed by atoms with van der Waals surface area (Å²) in [7, 11) is 0. The molecule has 2 saturated heterocycles. The fourth-order valence-electron chi connectivity index (χ4n) is 4.07. The van der Waals surface area contributed by atoms with E-state index in [1.54, 1.807) is 6.07 Å². The first-order chi connectivity index (χ1) is 13.2. The molecule has 5 rings (SSSR count). The van der Waals surface area contributed by atoms with Crippen LogP contribution in [-0.2, 0) is 0 Å². The summed E-state index contributed by atoms with van der Waals surface area (Å²) < 4.78 is 1.53. The van der Waals surface area contributed by atoms with Gasteiger partial charge in [-0.3, -0.25) is 9.69 Å². The van der Waals surface area contributed by atoms with Gasteiger partial charge in [0.1, 0.15) is 12.0 Å². The first-order valence-corrected chi connectivity index (χ1v) is 9.57. The van der Waals surface area contributed by atoms with Crippen molar-refractivity contribution in [3.63, 3.8) is 0 Å². The van der Waals surface area contributed by atoms with Crippen LogP contribution in [0.25, 0.3) is 17.0 Å². The van der Waals surface area contributed by atoms with Crippen molar-refractivity contribution in [2.75, 3.05) is 26.2 Å². The van der Waals surface area contributed by atoms with Crippen molar-refractivity contribution in [1.82, 2.24) is 29.4 Å². The van der Waals surface area contributed by atoms with Crippen LogP contribution in [0.3, 0.4) is 0 Å². The fourth-order valence-corrected chi connectivity index (χ4v) is 4.20. The smallest absolute Gasteiger partial charge is 0.272 e. The van der Waals surface area contributed by atoms with E-state index in [0.29, 0.717) is 28.2 Å². The summed E-state index contributed by atoms with van der Waals surface area (Å²) in [6.07, 6.45) is 3.81. The molecule has 2 aliphatic rings. The van der Waals surface area contributed by atoms with E-state index in [0.717, 1.165) is 38.2 Å². The minimum atomic E-state index is -0.0188. The Morgan fingerprint density at radius 1 is 1.15 bits per heavy atom. The number of carbonyl (C=O) groups excluding carboxylic acids is 1. The predicted octanol–water partition coefficient (Wildman–Crippen LogP) is 2.36. The van der Waals surface area contributed by atoms with Crippen LogP contribution in [0.2, 0.25) is 5.02 Å². The zero-order valence-corrected chi connectivity index (χ0v) is 15.5. The van der Waals surface area contributed by atoms with E-state index >= 15 is 0 Å². The third kappa shape index (κ3) is 2.96. The fraction of sp³-hybridized carbons (Fsp3) is 0.368. The van der Waals surface area contributed by atoms with Gasteiger partial charge < -0.3 is 4.90 Å². The molecule has 1 amide bonds. The summed E-state index contributed by atoms with van der Waals surface area (Å²) in [6.45, 7) is 3.60. The highest BCUT2D eigenvalue weighted by Gasteiger charge is 2.33. The summed E-state index contributed by atoms with van der Waals surface area (Å²) >= 11 is 5.99. The average Bonchev–Trinajstić information content (AvgIpc) is 3.35. The average molecular weight is 383 g/mol. The number of carbonyl (C=O) groups is 1. The van der Waals surface area contributed by atoms with Gasteiger partial charge in [0, 0.05) is 36.3 Å². The second kappa shape index (κ2) is 6.58. The first kappa shape index (κ1) is 16.6. The second-order valence-electron chi connectivity index (χ2n) is 7.09. The number of rotatable bonds is 2. The van der Waals surface area contributed by atoms with Crippen LogP contribution in [0.15, 0.2) is 36.7 Å². The monoisotopic (exact) mass is 382 g/mol. The molecule has 2 fully saturated rings. The maximum atomic E-state index is 13.3. The summed E-state index contributed by atoms with van der Waals surface area (Å²) in [4.78, 5) is 26.5. The number of amides is 1. The molecule has 1 aromatic carbocycles. The molecule has 0 spiro atoms. The molecule has 2 aliphatic heterocycles. The number of aromatic nitrogens is 4. The molecular formula is C19H19ClN6O. The Hall–Kier alpha value is -2.51. The zero-order chi connectivity index (χ0) is 18.4. The Bertz CT molecular complexity index is 1000. The molecule has 0 aliphatic carbocycles. The van der Waals surface area contributed by atoms with Gasteiger partial charge in [-0.1, -0.05) is 23.7 Å². The third-order valence-corrected chi connectivity index (χ3v) is 5.74. The molecule has 2 aromatic heterocycles. The Labute approximate surface area is 161 Å². The molecule has 8 heteroatoms. The van der Waals surface area contributed by atoms with Gasteiger partial charge in [0.05, 0.1) is 5.69 Å². The summed E-state index contributed by atoms with van der Waals surface area (Å²) in [5.74, 6) is 0.403. The molecule has 4 heterocycles. The highest BCUT2D eigenvalue weighted by Crippen LogP contribution is 2.25. The first-order valence-electron chi connectivity index (χ1n) is 9.19. The lowest BCUT2D eigenvalue weighted by atomic mass is 10.1. The number of hydrogen-bond acceptors (Lipinski definition) is 5. The summed E-state index contributed by atoms with van der Waals surface area (Å²) in [5.41, 5.74) is 2.07. The van der Waals surface area contributed by atoms with Crippen molar-refractivity contribution >= 4 is 23.3 Å². The van der Waals surface area contributed by atoms with Gasteiger partial charge in [0.15, 0.2) is 0 Å². The molecule has 0 N–H and O–H groups in total. The molecule has 7 nitrogen and oxygen atoms in total. The van der Waals surface area contributed by atoms with E-state index < -0.39 is 0 Å². The maximum absolute atomic E-state index is 13.3. The topological polar surface area (TPSA) is 66.6 Å². The van der Waals surface area contributed by atoms with E-state index in [9.17, 15) is 4.79 Å². The molecule has 0 bridgehead atoms. The normalized spacial score (nSPS) is 20.2. The number of fused-ring (bicyclic) bond motifs is 2. The Morgan fingerprint density at radius 2 is 2.00 bits per heavy atom. The molecular weight excluding hydrogens is 364 g/mol. The van der Waals surface area contributed by atoms with Crippen LogP contribution in [0.4, 0.5) is 0 Å². The predicted molar refractivity (Wildman–Crippen MR) is 102 cm³/mol. The summed E-state index contributed by atoms with van der Waals surface area (Å²) in [6, 6.07) is 9.69. The number of halogens is 1. The van der Waals surface area contributed by atoms with Gasteiger partial charge >= 0.3 is 0 Å². The minimum absolute atomic E-state index is 0.0188. The molecule has 0 saturated carbocycles. The molecule has 138 valence electrons. The molecule has 1 atom stereocenters. The lowest BCUT2D eigenvalue weighted by molar-refractivity contribution is 0.0563. The molecule has 3 aromatic rings. The molecule has 0 radical (unpaired) electrons. The number of piperazine rings is 1. The second-order valence-corrected chi connectivity index (χ2v) is 7.52. The van der Waals surface area contributed by atoms with Crippen molar-refractivity contribution < 1.29 is 4.79 Å². The zero-order valence-electron chi connectivity index (χ0n) is 14.8. The molecule has 1 unspecified atom stereocenters. The number of benzene rings is 1. The summed E-state index contributed by atoms with van der Waals surface area (Å²) in [5, 5.41) is 4.87. The minimum Gasteiger partial charge on any atom is -0.334 e. The third-order valence-electron chi connectivity index (χ3n) is 5.49. The largest absolute Gasteiger partial charge is 0.334 e. The maximum Gasteiger partial charge on any atom is 0.272 e. The Balaban J connectivity index is 1.52. The van der Waals surface area contributed by atoms with Crippen molar-refractivity contribution in [1.29, 1.82) is 0 Å². The Morgan fingerprint density at radius 3 is 2.85 bits per heavy atom. The Kier molecular flexibility index (Phi) is 4.06. The highest BCUT2D eigenvalue weighted by molar-refractivity contribution is 6.30. The van der Waals surface area contributed by atoms with Gasteiger partial charge in [-0.15, -0.1) is 0 Å². The van der Waals surface area contributed by atoms with Crippen LogP contribution in [0, 0.1) is 0 Å². The van der Waals surface area contributed by atoms with E-state index in [2.05, 4.69) is 20.0 Å². The van der Waals surface area contributed by atoms with Crippen LogP contribution < -0.4 is 0 Å². The standard InChI is InChI=1S/C19H19ClN6O/c20-14-5-3-13(4-6-14)16-10-17(26-19(23-16)21-12-22-26)18(27)25-9-8-24-7-1-2-15(24)11-25/h3-6,10,12,15H,1-2,7-9,11H2. The van der Waals surface area contributed by atoms with Gasteiger partial charge in [0.2, 0.25) is 0 Å². The molecule has 27 heavy (non-hydrogen) atoms. The SMILES string of the molecule is O=C(c1cc(-c2ccc(Cl)cc2)nc2ncnn12)N1CCN2CCCC2C1. The highest BCUT2D eigenvalue weighted by atomic mass is 35.5. The van der Waals surface area contributed by atoms with E-state index in [4.69, 9.17) is 11.6 Å². The van der Waals surface area contributed by atoms with Gasteiger partial charge in [0.25, 0.3) is 11.7 Å². The van der Waals surface area contributed by atoms with Gasteiger partial charge in [-0.2, -0.15) is 14.6 Å². The van der Waals surface area contributed by atoms with E-state index in [1.807, 2.05) is 29.2 Å². The van der Waals surface area contributed by atoms with E-state index in [1.165, 1.54) is 17.3 Å². The van der Waals surface area contributed by atoms with Crippen LogP contribution >= 0.6 is 11.6 Å².